The van der Waals surface area contributed by atoms with Crippen molar-refractivity contribution < 1.29 is 9.53 Å². The van der Waals surface area contributed by atoms with Gasteiger partial charge in [0.1, 0.15) is 0 Å². The number of unbranched alkanes of at least 4 members (excludes halogenated alkanes) is 10. The quantitative estimate of drug-likeness (QED) is 0.120. The summed E-state index contributed by atoms with van der Waals surface area (Å²) < 4.78 is 5.31. The summed E-state index contributed by atoms with van der Waals surface area (Å²) in [5, 5.41) is 0. The third kappa shape index (κ3) is 16.9. The van der Waals surface area contributed by atoms with E-state index in [-0.39, 0.29) is 5.97 Å². The average molecular weight is 388 g/mol. The summed E-state index contributed by atoms with van der Waals surface area (Å²) in [6, 6.07) is 0. The molecule has 0 heterocycles. The topological polar surface area (TPSA) is 29.5 Å². The van der Waals surface area contributed by atoms with Crippen molar-refractivity contribution in [3.8, 4) is 0 Å². The fraction of sp³-hybridized carbons (Fsp3) is 0.864. The fourth-order valence-electron chi connectivity index (χ4n) is 2.86. The van der Waals surface area contributed by atoms with Gasteiger partial charge in [-0.05, 0) is 40.3 Å². The predicted octanol–water partition coefficient (Wildman–Crippen LogP) is 6.69. The van der Waals surface area contributed by atoms with Gasteiger partial charge in [0.05, 0.1) is 0 Å². The number of hydrogen-bond acceptors (Lipinski definition) is 3. The van der Waals surface area contributed by atoms with E-state index in [0.717, 1.165) is 25.8 Å². The molecule has 1 atom stereocenters. The van der Waals surface area contributed by atoms with E-state index in [9.17, 15) is 4.79 Å². The van der Waals surface area contributed by atoms with Crippen molar-refractivity contribution in [1.29, 1.82) is 0 Å². The monoisotopic (exact) mass is 387 g/mol. The molecule has 0 N–H and O–H groups in total. The van der Waals surface area contributed by atoms with Crippen LogP contribution in [0, 0.1) is 0 Å². The van der Waals surface area contributed by atoms with Crippen molar-refractivity contribution in [2.24, 2.45) is 0 Å². The molecule has 0 rings (SSSR count). The van der Waals surface area contributed by atoms with Crippen LogP contribution >= 0.6 is 11.6 Å². The van der Waals surface area contributed by atoms with Crippen LogP contribution in [0.15, 0.2) is 11.6 Å². The number of carbonyl (C=O) groups is 1. The van der Waals surface area contributed by atoms with Crippen molar-refractivity contribution in [3.63, 3.8) is 0 Å². The van der Waals surface area contributed by atoms with Crippen LogP contribution in [0.25, 0.3) is 0 Å². The van der Waals surface area contributed by atoms with Crippen LogP contribution in [0.1, 0.15) is 97.3 Å². The molecule has 0 spiro atoms. The summed E-state index contributed by atoms with van der Waals surface area (Å²) in [7, 11) is 4.04. The zero-order chi connectivity index (χ0) is 19.6. The molecule has 0 radical (unpaired) electrons. The van der Waals surface area contributed by atoms with E-state index in [1.807, 2.05) is 20.2 Å². The van der Waals surface area contributed by atoms with Crippen LogP contribution < -0.4 is 0 Å². The highest BCUT2D eigenvalue weighted by Gasteiger charge is 2.12. The molecule has 0 aromatic heterocycles. The van der Waals surface area contributed by atoms with E-state index < -0.39 is 5.56 Å². The lowest BCUT2D eigenvalue weighted by atomic mass is 10.1. The first-order chi connectivity index (χ1) is 12.5. The molecule has 154 valence electrons. The minimum Gasteiger partial charge on any atom is -0.443 e. The Morgan fingerprint density at radius 2 is 1.46 bits per heavy atom. The van der Waals surface area contributed by atoms with Gasteiger partial charge in [-0.3, -0.25) is 0 Å². The Morgan fingerprint density at radius 1 is 0.962 bits per heavy atom. The molecule has 26 heavy (non-hydrogen) atoms. The Hall–Kier alpha value is -0.540. The molecular formula is C22H42ClNO2. The van der Waals surface area contributed by atoms with E-state index in [0.29, 0.717) is 5.57 Å². The second-order valence-electron chi connectivity index (χ2n) is 7.62. The number of halogens is 1. The maximum atomic E-state index is 11.9. The Morgan fingerprint density at radius 3 is 1.96 bits per heavy atom. The van der Waals surface area contributed by atoms with E-state index in [1.54, 1.807) is 6.92 Å². The van der Waals surface area contributed by atoms with Crippen molar-refractivity contribution in [2.75, 3.05) is 20.6 Å². The van der Waals surface area contributed by atoms with Crippen LogP contribution in [0.2, 0.25) is 0 Å². The van der Waals surface area contributed by atoms with E-state index in [2.05, 4.69) is 11.8 Å². The molecule has 0 saturated heterocycles. The number of nitrogens with zero attached hydrogens (tertiary/aromatic N) is 1. The first kappa shape index (κ1) is 25.5. The van der Waals surface area contributed by atoms with Crippen LogP contribution in [0.3, 0.4) is 0 Å². The third-order valence-corrected chi connectivity index (χ3v) is 4.93. The molecule has 0 aliphatic carbocycles. The van der Waals surface area contributed by atoms with Gasteiger partial charge in [0.25, 0.3) is 0 Å². The highest BCUT2D eigenvalue weighted by Crippen LogP contribution is 2.15. The molecule has 0 saturated carbocycles. The maximum absolute atomic E-state index is 11.9. The largest absolute Gasteiger partial charge is 0.443 e. The molecule has 0 bridgehead atoms. The number of carbonyl (C=O) groups excluding carboxylic acids is 1. The summed E-state index contributed by atoms with van der Waals surface area (Å²) in [6.07, 6.45) is 17.9. The SMILES string of the molecule is CCCCCCCCCCCCCC(Cl)OC(=O)C(C)=CCCN(C)C. The van der Waals surface area contributed by atoms with E-state index in [4.69, 9.17) is 16.3 Å². The van der Waals surface area contributed by atoms with Crippen LogP contribution in [-0.4, -0.2) is 37.1 Å². The molecule has 0 aliphatic rings. The van der Waals surface area contributed by atoms with Crippen molar-refractivity contribution in [2.45, 2.75) is 103 Å². The number of ether oxygens (including phenoxy) is 1. The molecule has 0 fully saturated rings. The van der Waals surface area contributed by atoms with Crippen molar-refractivity contribution >= 4 is 17.6 Å². The third-order valence-electron chi connectivity index (χ3n) is 4.62. The van der Waals surface area contributed by atoms with Crippen molar-refractivity contribution in [3.05, 3.63) is 11.6 Å². The number of hydrogen-bond donors (Lipinski definition) is 0. The smallest absolute Gasteiger partial charge is 0.334 e. The average Bonchev–Trinajstić information content (AvgIpc) is 2.59. The summed E-state index contributed by atoms with van der Waals surface area (Å²) in [4.78, 5) is 14.0. The number of alkyl halides is 1. The Bertz CT molecular complexity index is 369. The van der Waals surface area contributed by atoms with E-state index in [1.165, 1.54) is 64.2 Å². The van der Waals surface area contributed by atoms with Gasteiger partial charge in [0.2, 0.25) is 0 Å². The minimum absolute atomic E-state index is 0.285. The number of rotatable bonds is 17. The van der Waals surface area contributed by atoms with Gasteiger partial charge in [-0.2, -0.15) is 0 Å². The van der Waals surface area contributed by atoms with Gasteiger partial charge in [-0.1, -0.05) is 88.8 Å². The van der Waals surface area contributed by atoms with Gasteiger partial charge in [-0.25, -0.2) is 4.79 Å². The molecule has 0 amide bonds. The minimum atomic E-state index is -0.502. The van der Waals surface area contributed by atoms with Gasteiger partial charge in [0.15, 0.2) is 5.56 Å². The molecule has 4 heteroatoms. The first-order valence-electron chi connectivity index (χ1n) is 10.6. The summed E-state index contributed by atoms with van der Waals surface area (Å²) in [6.45, 7) is 4.98. The zero-order valence-electron chi connectivity index (χ0n) is 17.7. The lowest BCUT2D eigenvalue weighted by Gasteiger charge is -2.12. The summed E-state index contributed by atoms with van der Waals surface area (Å²) in [5.74, 6) is -0.285. The second-order valence-corrected chi connectivity index (χ2v) is 8.11. The Balaban J connectivity index is 3.56. The summed E-state index contributed by atoms with van der Waals surface area (Å²) in [5.41, 5.74) is 0.148. The van der Waals surface area contributed by atoms with Gasteiger partial charge >= 0.3 is 5.97 Å². The molecule has 0 aliphatic heterocycles. The van der Waals surface area contributed by atoms with Crippen LogP contribution in [0.4, 0.5) is 0 Å². The maximum Gasteiger partial charge on any atom is 0.334 e. The van der Waals surface area contributed by atoms with Gasteiger partial charge < -0.3 is 9.64 Å². The molecule has 0 aromatic rings. The lowest BCUT2D eigenvalue weighted by molar-refractivity contribution is -0.140. The highest BCUT2D eigenvalue weighted by molar-refractivity contribution is 6.20. The van der Waals surface area contributed by atoms with Crippen molar-refractivity contribution in [1.82, 2.24) is 4.90 Å². The zero-order valence-corrected chi connectivity index (χ0v) is 18.5. The molecule has 3 nitrogen and oxygen atoms in total. The highest BCUT2D eigenvalue weighted by atomic mass is 35.5. The molecule has 1 unspecified atom stereocenters. The lowest BCUT2D eigenvalue weighted by Crippen LogP contribution is -2.15. The van der Waals surface area contributed by atoms with Crippen LogP contribution in [-0.2, 0) is 9.53 Å². The Labute approximate surface area is 167 Å². The molecular weight excluding hydrogens is 346 g/mol. The fourth-order valence-corrected chi connectivity index (χ4v) is 3.09. The van der Waals surface area contributed by atoms with Crippen LogP contribution in [0.5, 0.6) is 0 Å². The normalized spacial score (nSPS) is 13.2. The standard InChI is InChI=1S/C22H42ClNO2/c1-5-6-7-8-9-10-11-12-13-14-15-18-21(23)26-22(25)20(2)17-16-19-24(3)4/h17,21H,5-16,18-19H2,1-4H3. The first-order valence-corrected chi connectivity index (χ1v) is 11.1. The Kier molecular flexibility index (Phi) is 17.5. The predicted molar refractivity (Wildman–Crippen MR) is 114 cm³/mol. The second kappa shape index (κ2) is 17.9. The number of esters is 1. The van der Waals surface area contributed by atoms with E-state index >= 15 is 0 Å². The molecule has 0 aromatic carbocycles. The van der Waals surface area contributed by atoms with Gasteiger partial charge in [0, 0.05) is 12.1 Å². The van der Waals surface area contributed by atoms with Gasteiger partial charge in [-0.15, -0.1) is 0 Å². The summed E-state index contributed by atoms with van der Waals surface area (Å²) >= 11 is 6.15.